The molecule has 1 heterocycles. The Labute approximate surface area is 112 Å². The van der Waals surface area contributed by atoms with Crippen molar-refractivity contribution in [3.63, 3.8) is 0 Å². The Morgan fingerprint density at radius 1 is 1.29 bits per heavy atom. The Morgan fingerprint density at radius 3 is 2.59 bits per heavy atom. The molecule has 2 nitrogen and oxygen atoms in total. The van der Waals surface area contributed by atoms with E-state index in [1.54, 1.807) is 6.07 Å². The van der Waals surface area contributed by atoms with E-state index in [1.807, 2.05) is 12.1 Å². The second kappa shape index (κ2) is 5.57. The first-order chi connectivity index (χ1) is 8.09. The Balaban J connectivity index is 2.14. The van der Waals surface area contributed by atoms with Gasteiger partial charge in [-0.15, -0.1) is 0 Å². The van der Waals surface area contributed by atoms with E-state index in [1.165, 1.54) is 0 Å². The van der Waals surface area contributed by atoms with Crippen LogP contribution in [0.2, 0.25) is 10.0 Å². The molecular weight excluding hydrogens is 257 g/mol. The molecule has 1 atom stereocenters. The van der Waals surface area contributed by atoms with Crippen molar-refractivity contribution in [3.05, 3.63) is 33.8 Å². The lowest BCUT2D eigenvalue weighted by atomic mass is 9.98. The fraction of sp³-hybridized carbons (Fsp3) is 0.538. The van der Waals surface area contributed by atoms with Gasteiger partial charge in [-0.2, -0.15) is 0 Å². The van der Waals surface area contributed by atoms with Gasteiger partial charge in [-0.25, -0.2) is 0 Å². The van der Waals surface area contributed by atoms with Crippen molar-refractivity contribution in [1.29, 1.82) is 0 Å². The molecule has 0 aromatic heterocycles. The molecule has 1 aromatic carbocycles. The molecule has 1 aromatic rings. The topological polar surface area (TPSA) is 23.5 Å². The Bertz CT molecular complexity index is 389. The lowest BCUT2D eigenvalue weighted by Crippen LogP contribution is -2.36. The summed E-state index contributed by atoms with van der Waals surface area (Å²) in [5.41, 5.74) is 0.703. The Morgan fingerprint density at radius 2 is 1.94 bits per heavy atom. The third-order valence-corrected chi connectivity index (χ3v) is 4.26. The predicted molar refractivity (Wildman–Crippen MR) is 71.4 cm³/mol. The van der Waals surface area contributed by atoms with Crippen molar-refractivity contribution < 1.29 is 5.11 Å². The summed E-state index contributed by atoms with van der Waals surface area (Å²) in [6, 6.07) is 5.38. The zero-order valence-corrected chi connectivity index (χ0v) is 11.4. The summed E-state index contributed by atoms with van der Waals surface area (Å²) < 4.78 is 0. The number of piperidine rings is 1. The number of benzene rings is 1. The van der Waals surface area contributed by atoms with Gasteiger partial charge < -0.3 is 5.11 Å². The summed E-state index contributed by atoms with van der Waals surface area (Å²) in [5.74, 6) is 0.744. The highest BCUT2D eigenvalue weighted by molar-refractivity contribution is 6.42. The van der Waals surface area contributed by atoms with Gasteiger partial charge in [0.2, 0.25) is 0 Å². The molecule has 1 saturated heterocycles. The number of nitrogens with zero attached hydrogens (tertiary/aromatic N) is 1. The van der Waals surface area contributed by atoms with Crippen molar-refractivity contribution in [2.24, 2.45) is 5.92 Å². The third-order valence-electron chi connectivity index (χ3n) is 3.42. The second-order valence-corrected chi connectivity index (χ2v) is 5.52. The number of hydrogen-bond acceptors (Lipinski definition) is 2. The number of rotatable bonds is 2. The van der Waals surface area contributed by atoms with Crippen molar-refractivity contribution in [2.75, 3.05) is 13.1 Å². The minimum atomic E-state index is -0.645. The monoisotopic (exact) mass is 273 g/mol. The van der Waals surface area contributed by atoms with E-state index in [4.69, 9.17) is 23.2 Å². The molecule has 0 aliphatic carbocycles. The first-order valence-electron chi connectivity index (χ1n) is 5.95. The van der Waals surface area contributed by atoms with Crippen molar-refractivity contribution in [3.8, 4) is 0 Å². The molecule has 17 heavy (non-hydrogen) atoms. The maximum absolute atomic E-state index is 10.3. The first kappa shape index (κ1) is 13.2. The molecule has 0 saturated carbocycles. The van der Waals surface area contributed by atoms with Crippen LogP contribution in [0.3, 0.4) is 0 Å². The second-order valence-electron chi connectivity index (χ2n) is 4.74. The highest BCUT2D eigenvalue weighted by atomic mass is 35.5. The number of halogens is 2. The minimum Gasteiger partial charge on any atom is -0.374 e. The molecule has 2 rings (SSSR count). The summed E-state index contributed by atoms with van der Waals surface area (Å²) >= 11 is 12.1. The Kier molecular flexibility index (Phi) is 4.31. The van der Waals surface area contributed by atoms with E-state index >= 15 is 0 Å². The predicted octanol–water partition coefficient (Wildman–Crippen LogP) is 3.72. The molecule has 1 unspecified atom stereocenters. The Hall–Kier alpha value is -0.280. The summed E-state index contributed by atoms with van der Waals surface area (Å²) in [7, 11) is 0. The average Bonchev–Trinajstić information content (AvgIpc) is 2.33. The van der Waals surface area contributed by atoms with E-state index in [2.05, 4.69) is 11.8 Å². The summed E-state index contributed by atoms with van der Waals surface area (Å²) in [5, 5.41) is 11.3. The quantitative estimate of drug-likeness (QED) is 0.888. The molecule has 1 aliphatic rings. The number of aliphatic hydroxyl groups excluding tert-OH is 1. The van der Waals surface area contributed by atoms with Crippen LogP contribution in [0.15, 0.2) is 18.2 Å². The maximum atomic E-state index is 10.3. The molecule has 4 heteroatoms. The molecular formula is C13H17Cl2NO. The summed E-state index contributed by atoms with van der Waals surface area (Å²) in [4.78, 5) is 2.05. The average molecular weight is 274 g/mol. The third kappa shape index (κ3) is 2.94. The molecule has 1 aliphatic heterocycles. The summed E-state index contributed by atoms with van der Waals surface area (Å²) in [6.07, 6.45) is 1.60. The smallest absolute Gasteiger partial charge is 0.135 e. The molecule has 1 N–H and O–H groups in total. The maximum Gasteiger partial charge on any atom is 0.135 e. The van der Waals surface area contributed by atoms with Gasteiger partial charge in [-0.1, -0.05) is 42.3 Å². The minimum absolute atomic E-state index is 0.459. The molecule has 94 valence electrons. The number of hydrogen-bond donors (Lipinski definition) is 1. The van der Waals surface area contributed by atoms with Crippen LogP contribution in [0.1, 0.15) is 31.6 Å². The highest BCUT2D eigenvalue weighted by Crippen LogP contribution is 2.33. The van der Waals surface area contributed by atoms with Crippen LogP contribution in [0.25, 0.3) is 0 Å². The van der Waals surface area contributed by atoms with E-state index in [-0.39, 0.29) is 0 Å². The van der Waals surface area contributed by atoms with Crippen molar-refractivity contribution in [1.82, 2.24) is 4.90 Å². The number of likely N-dealkylation sites (tertiary alicyclic amines) is 1. The van der Waals surface area contributed by atoms with Crippen LogP contribution in [0, 0.1) is 5.92 Å². The fourth-order valence-electron chi connectivity index (χ4n) is 2.19. The highest BCUT2D eigenvalue weighted by Gasteiger charge is 2.24. The van der Waals surface area contributed by atoms with Crippen LogP contribution < -0.4 is 0 Å². The van der Waals surface area contributed by atoms with E-state index in [0.29, 0.717) is 15.6 Å². The van der Waals surface area contributed by atoms with Crippen molar-refractivity contribution in [2.45, 2.75) is 26.0 Å². The van der Waals surface area contributed by atoms with Crippen molar-refractivity contribution >= 4 is 23.2 Å². The van der Waals surface area contributed by atoms with Gasteiger partial charge in [0.1, 0.15) is 6.23 Å². The largest absolute Gasteiger partial charge is 0.374 e. The van der Waals surface area contributed by atoms with Gasteiger partial charge in [0, 0.05) is 18.7 Å². The van der Waals surface area contributed by atoms with Gasteiger partial charge in [-0.05, 0) is 24.8 Å². The SMILES string of the molecule is CC1CCN(C(O)c2cccc(Cl)c2Cl)CC1. The van der Waals surface area contributed by atoms with E-state index in [0.717, 1.165) is 31.8 Å². The van der Waals surface area contributed by atoms with Gasteiger partial charge in [-0.3, -0.25) is 4.90 Å². The normalized spacial score (nSPS) is 20.5. The van der Waals surface area contributed by atoms with Crippen LogP contribution in [-0.2, 0) is 0 Å². The molecule has 0 radical (unpaired) electrons. The fourth-order valence-corrected chi connectivity index (χ4v) is 2.60. The zero-order chi connectivity index (χ0) is 12.4. The van der Waals surface area contributed by atoms with Crippen LogP contribution in [0.4, 0.5) is 0 Å². The van der Waals surface area contributed by atoms with Crippen LogP contribution in [-0.4, -0.2) is 23.1 Å². The molecule has 0 bridgehead atoms. The van der Waals surface area contributed by atoms with Gasteiger partial charge in [0.25, 0.3) is 0 Å². The number of aliphatic hydroxyl groups is 1. The van der Waals surface area contributed by atoms with E-state index in [9.17, 15) is 5.11 Å². The van der Waals surface area contributed by atoms with Crippen LogP contribution >= 0.6 is 23.2 Å². The summed E-state index contributed by atoms with van der Waals surface area (Å²) in [6.45, 7) is 4.06. The van der Waals surface area contributed by atoms with Gasteiger partial charge in [0.05, 0.1) is 10.0 Å². The van der Waals surface area contributed by atoms with Gasteiger partial charge >= 0.3 is 0 Å². The molecule has 1 fully saturated rings. The molecule has 0 amide bonds. The molecule has 0 spiro atoms. The van der Waals surface area contributed by atoms with Crippen LogP contribution in [0.5, 0.6) is 0 Å². The van der Waals surface area contributed by atoms with Gasteiger partial charge in [0.15, 0.2) is 0 Å². The lowest BCUT2D eigenvalue weighted by molar-refractivity contribution is -0.0173. The standard InChI is InChI=1S/C13H17Cl2NO/c1-9-5-7-16(8-6-9)13(17)10-3-2-4-11(14)12(10)15/h2-4,9,13,17H,5-8H2,1H3. The zero-order valence-electron chi connectivity index (χ0n) is 9.87. The first-order valence-corrected chi connectivity index (χ1v) is 6.71. The lowest BCUT2D eigenvalue weighted by Gasteiger charge is -2.34. The van der Waals surface area contributed by atoms with E-state index < -0.39 is 6.23 Å².